The van der Waals surface area contributed by atoms with E-state index in [9.17, 15) is 4.39 Å². The molecule has 0 saturated carbocycles. The minimum atomic E-state index is -0.284. The molecule has 1 unspecified atom stereocenters. The highest BCUT2D eigenvalue weighted by Gasteiger charge is 2.15. The van der Waals surface area contributed by atoms with Crippen LogP contribution < -0.4 is 10.1 Å². The summed E-state index contributed by atoms with van der Waals surface area (Å²) in [6, 6.07) is 6.35. The van der Waals surface area contributed by atoms with Crippen LogP contribution in [0.3, 0.4) is 0 Å². The second-order valence-electron chi connectivity index (χ2n) is 4.89. The molecule has 1 aliphatic heterocycles. The highest BCUT2D eigenvalue weighted by Crippen LogP contribution is 2.20. The lowest BCUT2D eigenvalue weighted by Gasteiger charge is -2.09. The Kier molecular flexibility index (Phi) is 3.87. The molecule has 1 fully saturated rings. The number of ether oxygens (including phenoxy) is 1. The van der Waals surface area contributed by atoms with Gasteiger partial charge < -0.3 is 10.1 Å². The molecule has 0 spiro atoms. The van der Waals surface area contributed by atoms with Crippen molar-refractivity contribution in [3.63, 3.8) is 0 Å². The largest absolute Gasteiger partial charge is 0.454 e. The summed E-state index contributed by atoms with van der Waals surface area (Å²) in [4.78, 5) is 8.61. The molecule has 1 saturated heterocycles. The molecule has 0 amide bonds. The predicted octanol–water partition coefficient (Wildman–Crippen LogP) is 2.70. The van der Waals surface area contributed by atoms with Crippen LogP contribution in [0.5, 0.6) is 11.5 Å². The Morgan fingerprint density at radius 3 is 2.55 bits per heavy atom. The van der Waals surface area contributed by atoms with Gasteiger partial charge in [0.15, 0.2) is 5.75 Å². The minimum Gasteiger partial charge on any atom is -0.454 e. The average molecular weight is 273 g/mol. The summed E-state index contributed by atoms with van der Waals surface area (Å²) in [6.07, 6.45) is 6.55. The van der Waals surface area contributed by atoms with Gasteiger partial charge in [0.25, 0.3) is 0 Å². The topological polar surface area (TPSA) is 47.0 Å². The summed E-state index contributed by atoms with van der Waals surface area (Å²) < 4.78 is 18.3. The van der Waals surface area contributed by atoms with E-state index in [4.69, 9.17) is 4.74 Å². The fourth-order valence-corrected chi connectivity index (χ4v) is 2.29. The molecule has 20 heavy (non-hydrogen) atoms. The number of nitrogens with one attached hydrogen (secondary N) is 1. The molecular formula is C15H16FN3O. The van der Waals surface area contributed by atoms with Crippen molar-refractivity contribution in [2.45, 2.75) is 25.3 Å². The van der Waals surface area contributed by atoms with Crippen LogP contribution in [0.4, 0.5) is 4.39 Å². The highest BCUT2D eigenvalue weighted by atomic mass is 19.1. The van der Waals surface area contributed by atoms with Crippen molar-refractivity contribution in [1.82, 2.24) is 15.3 Å². The second kappa shape index (κ2) is 5.96. The second-order valence-corrected chi connectivity index (χ2v) is 4.89. The van der Waals surface area contributed by atoms with Gasteiger partial charge in [-0.05, 0) is 43.7 Å². The van der Waals surface area contributed by atoms with Crippen molar-refractivity contribution in [3.8, 4) is 11.5 Å². The van der Waals surface area contributed by atoms with Crippen LogP contribution >= 0.6 is 0 Å². The molecule has 1 aromatic heterocycles. The van der Waals surface area contributed by atoms with Gasteiger partial charge >= 0.3 is 0 Å². The first-order valence-electron chi connectivity index (χ1n) is 6.77. The number of halogens is 1. The lowest BCUT2D eigenvalue weighted by atomic mass is 10.1. The first-order chi connectivity index (χ1) is 9.79. The van der Waals surface area contributed by atoms with Crippen LogP contribution in [-0.2, 0) is 6.42 Å². The summed E-state index contributed by atoms with van der Waals surface area (Å²) in [5, 5.41) is 3.42. The Balaban J connectivity index is 1.62. The molecule has 2 aromatic rings. The zero-order chi connectivity index (χ0) is 13.8. The molecule has 3 rings (SSSR count). The third-order valence-electron chi connectivity index (χ3n) is 3.32. The van der Waals surface area contributed by atoms with E-state index in [1.165, 1.54) is 25.0 Å². The van der Waals surface area contributed by atoms with Crippen molar-refractivity contribution < 1.29 is 9.13 Å². The smallest absolute Gasteiger partial charge is 0.164 e. The minimum absolute atomic E-state index is 0.284. The van der Waals surface area contributed by atoms with E-state index >= 15 is 0 Å². The van der Waals surface area contributed by atoms with E-state index in [-0.39, 0.29) is 5.82 Å². The average Bonchev–Trinajstić information content (AvgIpc) is 2.96. The van der Waals surface area contributed by atoms with E-state index in [2.05, 4.69) is 15.3 Å². The summed E-state index contributed by atoms with van der Waals surface area (Å²) >= 11 is 0. The lowest BCUT2D eigenvalue weighted by Crippen LogP contribution is -2.24. The first-order valence-corrected chi connectivity index (χ1v) is 6.77. The quantitative estimate of drug-likeness (QED) is 0.930. The third kappa shape index (κ3) is 3.30. The number of nitrogens with zero attached hydrogens (tertiary/aromatic N) is 2. The van der Waals surface area contributed by atoms with Gasteiger partial charge in [-0.1, -0.05) is 0 Å². The maximum Gasteiger partial charge on any atom is 0.164 e. The van der Waals surface area contributed by atoms with E-state index in [0.29, 0.717) is 17.5 Å². The van der Waals surface area contributed by atoms with Gasteiger partial charge in [0.1, 0.15) is 17.4 Å². The number of hydrogen-bond donors (Lipinski definition) is 1. The fraction of sp³-hybridized carbons (Fsp3) is 0.333. The van der Waals surface area contributed by atoms with Crippen molar-refractivity contribution in [2.24, 2.45) is 0 Å². The van der Waals surface area contributed by atoms with Gasteiger partial charge in [-0.25, -0.2) is 14.4 Å². The maximum atomic E-state index is 12.8. The van der Waals surface area contributed by atoms with Crippen LogP contribution in [0.25, 0.3) is 0 Å². The Bertz CT molecular complexity index is 550. The third-order valence-corrected chi connectivity index (χ3v) is 3.32. The number of aromatic nitrogens is 2. The number of hydrogen-bond acceptors (Lipinski definition) is 4. The van der Waals surface area contributed by atoms with Crippen molar-refractivity contribution in [2.75, 3.05) is 6.54 Å². The van der Waals surface area contributed by atoms with E-state index in [1.807, 2.05) is 0 Å². The van der Waals surface area contributed by atoms with Crippen LogP contribution in [0, 0.1) is 5.82 Å². The standard InChI is InChI=1S/C15H16FN3O/c16-11-3-5-13(6-4-11)20-14-9-18-15(19-10-14)8-12-2-1-7-17-12/h3-6,9-10,12,17H,1-2,7-8H2. The van der Waals surface area contributed by atoms with Crippen LogP contribution in [0.2, 0.25) is 0 Å². The molecule has 0 radical (unpaired) electrons. The molecule has 104 valence electrons. The molecular weight excluding hydrogens is 257 g/mol. The van der Waals surface area contributed by atoms with Crippen LogP contribution in [-0.4, -0.2) is 22.6 Å². The van der Waals surface area contributed by atoms with Crippen molar-refractivity contribution in [3.05, 3.63) is 48.3 Å². The van der Waals surface area contributed by atoms with Crippen LogP contribution in [0.15, 0.2) is 36.7 Å². The molecule has 1 aliphatic rings. The van der Waals surface area contributed by atoms with E-state index < -0.39 is 0 Å². The summed E-state index contributed by atoms with van der Waals surface area (Å²) in [6.45, 7) is 1.08. The normalized spacial score (nSPS) is 18.1. The monoisotopic (exact) mass is 273 g/mol. The zero-order valence-electron chi connectivity index (χ0n) is 11.1. The summed E-state index contributed by atoms with van der Waals surface area (Å²) in [7, 11) is 0. The van der Waals surface area contributed by atoms with Gasteiger partial charge in [-0.3, -0.25) is 0 Å². The SMILES string of the molecule is Fc1ccc(Oc2cnc(CC3CCCN3)nc2)cc1. The van der Waals surface area contributed by atoms with Crippen molar-refractivity contribution in [1.29, 1.82) is 0 Å². The molecule has 0 aliphatic carbocycles. The van der Waals surface area contributed by atoms with Gasteiger partial charge in [0, 0.05) is 12.5 Å². The fourth-order valence-electron chi connectivity index (χ4n) is 2.29. The Morgan fingerprint density at radius 2 is 1.90 bits per heavy atom. The van der Waals surface area contributed by atoms with Crippen molar-refractivity contribution >= 4 is 0 Å². The highest BCUT2D eigenvalue weighted by molar-refractivity contribution is 5.28. The molecule has 5 heteroatoms. The molecule has 0 bridgehead atoms. The van der Waals surface area contributed by atoms with Gasteiger partial charge in [0.2, 0.25) is 0 Å². The lowest BCUT2D eigenvalue weighted by molar-refractivity contribution is 0.473. The van der Waals surface area contributed by atoms with Gasteiger partial charge in [-0.2, -0.15) is 0 Å². The first kappa shape index (κ1) is 13.0. The number of rotatable bonds is 4. The maximum absolute atomic E-state index is 12.8. The van der Waals surface area contributed by atoms with Gasteiger partial charge in [0.05, 0.1) is 12.4 Å². The predicted molar refractivity (Wildman–Crippen MR) is 73.2 cm³/mol. The van der Waals surface area contributed by atoms with Crippen LogP contribution in [0.1, 0.15) is 18.7 Å². The van der Waals surface area contributed by atoms with E-state index in [1.54, 1.807) is 24.5 Å². The summed E-state index contributed by atoms with van der Waals surface area (Å²) in [5.41, 5.74) is 0. The molecule has 1 N–H and O–H groups in total. The Hall–Kier alpha value is -2.01. The Morgan fingerprint density at radius 1 is 1.15 bits per heavy atom. The molecule has 2 heterocycles. The molecule has 1 atom stereocenters. The molecule has 1 aromatic carbocycles. The van der Waals surface area contributed by atoms with Gasteiger partial charge in [-0.15, -0.1) is 0 Å². The molecule has 4 nitrogen and oxygen atoms in total. The number of benzene rings is 1. The Labute approximate surface area is 117 Å². The summed E-state index contributed by atoms with van der Waals surface area (Å²) in [5.74, 6) is 1.66. The zero-order valence-corrected chi connectivity index (χ0v) is 11.1. The van der Waals surface area contributed by atoms with E-state index in [0.717, 1.165) is 18.8 Å².